The maximum atomic E-state index is 13.3. The highest BCUT2D eigenvalue weighted by Crippen LogP contribution is 2.31. The van der Waals surface area contributed by atoms with Crippen LogP contribution in [-0.4, -0.2) is 5.91 Å². The molecule has 0 aromatic heterocycles. The summed E-state index contributed by atoms with van der Waals surface area (Å²) >= 11 is 0. The largest absolute Gasteiger partial charge is 0.419 e. The van der Waals surface area contributed by atoms with E-state index in [0.29, 0.717) is 17.8 Å². The number of hydrogen-bond donors (Lipinski definition) is 1. The smallest absolute Gasteiger partial charge is 0.322 e. The van der Waals surface area contributed by atoms with Crippen LogP contribution in [-0.2, 0) is 6.18 Å². The molecule has 0 aliphatic heterocycles. The first kappa shape index (κ1) is 14.0. The highest BCUT2D eigenvalue weighted by atomic mass is 19.4. The molecular weight excluding hydrogens is 274 g/mol. The molecule has 0 aliphatic rings. The number of alkyl halides is 3. The summed E-state index contributed by atoms with van der Waals surface area (Å²) in [5, 5.41) is 2.46. The summed E-state index contributed by atoms with van der Waals surface area (Å²) in [6.07, 6.45) is -4.78. The van der Waals surface area contributed by atoms with E-state index < -0.39 is 23.5 Å². The molecule has 0 saturated carbocycles. The number of carbonyl (C=O) groups is 1. The number of nitrogens with one attached hydrogen (secondary N) is 1. The fraction of sp³-hybridized carbons (Fsp3) is 0.0714. The molecule has 20 heavy (non-hydrogen) atoms. The molecule has 2 rings (SSSR count). The minimum absolute atomic E-state index is 0.181. The molecule has 0 radical (unpaired) electrons. The number of hydrogen-bond acceptors (Lipinski definition) is 1. The highest BCUT2D eigenvalue weighted by Gasteiger charge is 2.34. The Hall–Kier alpha value is -2.37. The fourth-order valence-corrected chi connectivity index (χ4v) is 1.61. The van der Waals surface area contributed by atoms with Crippen molar-refractivity contribution >= 4 is 11.6 Å². The number of benzene rings is 2. The molecular formula is C14H9F4NO. The predicted octanol–water partition coefficient (Wildman–Crippen LogP) is 4.10. The summed E-state index contributed by atoms with van der Waals surface area (Å²) in [5.41, 5.74) is -1.11. The van der Waals surface area contributed by atoms with Gasteiger partial charge in [0.05, 0.1) is 5.56 Å². The summed E-state index contributed by atoms with van der Waals surface area (Å²) in [4.78, 5) is 11.8. The van der Waals surface area contributed by atoms with Crippen LogP contribution in [0.4, 0.5) is 23.2 Å². The summed E-state index contributed by atoms with van der Waals surface area (Å²) in [6.45, 7) is 0. The van der Waals surface area contributed by atoms with Crippen LogP contribution in [0.5, 0.6) is 0 Å². The minimum atomic E-state index is -4.78. The number of carbonyl (C=O) groups excluding carboxylic acids is 1. The summed E-state index contributed by atoms with van der Waals surface area (Å²) in [6, 6.07) is 10.4. The molecule has 0 spiro atoms. The lowest BCUT2D eigenvalue weighted by atomic mass is 10.1. The first-order chi connectivity index (χ1) is 9.38. The Morgan fingerprint density at radius 3 is 2.20 bits per heavy atom. The van der Waals surface area contributed by atoms with Gasteiger partial charge in [0.2, 0.25) is 0 Å². The van der Waals surface area contributed by atoms with Gasteiger partial charge in [-0.25, -0.2) is 4.39 Å². The molecule has 104 valence electrons. The van der Waals surface area contributed by atoms with Gasteiger partial charge in [-0.1, -0.05) is 18.2 Å². The van der Waals surface area contributed by atoms with Crippen LogP contribution in [0.25, 0.3) is 0 Å². The van der Waals surface area contributed by atoms with Crippen molar-refractivity contribution in [2.24, 2.45) is 0 Å². The third-order valence-corrected chi connectivity index (χ3v) is 2.57. The third kappa shape index (κ3) is 3.14. The lowest BCUT2D eigenvalue weighted by molar-refractivity contribution is -0.140. The van der Waals surface area contributed by atoms with Crippen molar-refractivity contribution in [1.82, 2.24) is 0 Å². The molecule has 0 saturated heterocycles. The number of amides is 1. The van der Waals surface area contributed by atoms with Crippen molar-refractivity contribution in [1.29, 1.82) is 0 Å². The van der Waals surface area contributed by atoms with Crippen LogP contribution in [0.1, 0.15) is 15.9 Å². The topological polar surface area (TPSA) is 29.1 Å². The Morgan fingerprint density at radius 1 is 1.00 bits per heavy atom. The Morgan fingerprint density at radius 2 is 1.65 bits per heavy atom. The van der Waals surface area contributed by atoms with Crippen molar-refractivity contribution in [3.63, 3.8) is 0 Å². The molecule has 0 aliphatic carbocycles. The molecule has 2 aromatic rings. The van der Waals surface area contributed by atoms with E-state index in [1.807, 2.05) is 0 Å². The quantitative estimate of drug-likeness (QED) is 0.826. The van der Waals surface area contributed by atoms with Gasteiger partial charge in [0.25, 0.3) is 5.91 Å². The zero-order valence-electron chi connectivity index (χ0n) is 10.0. The molecule has 1 N–H and O–H groups in total. The second-order valence-corrected chi connectivity index (χ2v) is 4.01. The van der Waals surface area contributed by atoms with E-state index in [1.54, 1.807) is 30.3 Å². The van der Waals surface area contributed by atoms with E-state index in [9.17, 15) is 22.4 Å². The number of rotatable bonds is 2. The van der Waals surface area contributed by atoms with Crippen molar-refractivity contribution in [3.05, 3.63) is 65.5 Å². The van der Waals surface area contributed by atoms with E-state index >= 15 is 0 Å². The summed E-state index contributed by atoms with van der Waals surface area (Å²) < 4.78 is 50.5. The predicted molar refractivity (Wildman–Crippen MR) is 65.8 cm³/mol. The first-order valence-electron chi connectivity index (χ1n) is 5.61. The Bertz CT molecular complexity index is 623. The van der Waals surface area contributed by atoms with Crippen molar-refractivity contribution in [3.8, 4) is 0 Å². The van der Waals surface area contributed by atoms with Gasteiger partial charge in [0, 0.05) is 11.3 Å². The van der Waals surface area contributed by atoms with Crippen LogP contribution >= 0.6 is 0 Å². The highest BCUT2D eigenvalue weighted by molar-refractivity contribution is 6.04. The molecule has 0 unspecified atom stereocenters. The molecule has 0 heterocycles. The fourth-order valence-electron chi connectivity index (χ4n) is 1.61. The summed E-state index contributed by atoms with van der Waals surface area (Å²) in [7, 11) is 0. The van der Waals surface area contributed by atoms with Crippen LogP contribution in [0, 0.1) is 5.82 Å². The van der Waals surface area contributed by atoms with Crippen LogP contribution in [0.15, 0.2) is 48.5 Å². The second kappa shape index (κ2) is 5.32. The Balaban J connectivity index is 2.22. The van der Waals surface area contributed by atoms with E-state index in [-0.39, 0.29) is 5.56 Å². The number of anilines is 1. The zero-order chi connectivity index (χ0) is 14.8. The molecule has 0 fully saturated rings. The molecule has 0 bridgehead atoms. The zero-order valence-corrected chi connectivity index (χ0v) is 10.0. The first-order valence-corrected chi connectivity index (χ1v) is 5.61. The summed E-state index contributed by atoms with van der Waals surface area (Å²) in [5.74, 6) is -2.15. The van der Waals surface area contributed by atoms with Crippen molar-refractivity contribution in [2.75, 3.05) is 5.32 Å². The maximum absolute atomic E-state index is 13.3. The average molecular weight is 283 g/mol. The monoisotopic (exact) mass is 283 g/mol. The normalized spacial score (nSPS) is 11.2. The standard InChI is InChI=1S/C14H9F4NO/c15-12-8-9(6-7-11(12)14(16,17)18)13(20)19-10-4-2-1-3-5-10/h1-8H,(H,19,20). The van der Waals surface area contributed by atoms with Gasteiger partial charge in [-0.2, -0.15) is 13.2 Å². The van der Waals surface area contributed by atoms with E-state index in [1.165, 1.54) is 0 Å². The number of para-hydroxylation sites is 1. The van der Waals surface area contributed by atoms with Gasteiger partial charge in [0.1, 0.15) is 5.82 Å². The van der Waals surface area contributed by atoms with Gasteiger partial charge >= 0.3 is 6.18 Å². The van der Waals surface area contributed by atoms with Crippen molar-refractivity contribution < 1.29 is 22.4 Å². The second-order valence-electron chi connectivity index (χ2n) is 4.01. The molecule has 6 heteroatoms. The van der Waals surface area contributed by atoms with E-state index in [2.05, 4.69) is 5.32 Å². The van der Waals surface area contributed by atoms with Gasteiger partial charge < -0.3 is 5.32 Å². The van der Waals surface area contributed by atoms with Gasteiger partial charge in [-0.05, 0) is 30.3 Å². The Labute approximate surface area is 112 Å². The van der Waals surface area contributed by atoms with Crippen molar-refractivity contribution in [2.45, 2.75) is 6.18 Å². The van der Waals surface area contributed by atoms with Crippen LogP contribution in [0.2, 0.25) is 0 Å². The number of halogens is 4. The van der Waals surface area contributed by atoms with E-state index in [4.69, 9.17) is 0 Å². The molecule has 2 nitrogen and oxygen atoms in total. The van der Waals surface area contributed by atoms with Gasteiger partial charge in [-0.3, -0.25) is 4.79 Å². The van der Waals surface area contributed by atoms with E-state index in [0.717, 1.165) is 6.07 Å². The molecule has 1 amide bonds. The van der Waals surface area contributed by atoms with Crippen LogP contribution < -0.4 is 5.32 Å². The molecule has 0 atom stereocenters. The van der Waals surface area contributed by atoms with Gasteiger partial charge in [0.15, 0.2) is 0 Å². The lowest BCUT2D eigenvalue weighted by Gasteiger charge is -2.09. The maximum Gasteiger partial charge on any atom is 0.419 e. The third-order valence-electron chi connectivity index (χ3n) is 2.57. The van der Waals surface area contributed by atoms with Gasteiger partial charge in [-0.15, -0.1) is 0 Å². The Kier molecular flexibility index (Phi) is 3.74. The SMILES string of the molecule is O=C(Nc1ccccc1)c1ccc(C(F)(F)F)c(F)c1. The molecule has 2 aromatic carbocycles. The average Bonchev–Trinajstić information content (AvgIpc) is 2.38. The lowest BCUT2D eigenvalue weighted by Crippen LogP contribution is -2.14. The van der Waals surface area contributed by atoms with Crippen LogP contribution in [0.3, 0.4) is 0 Å². The minimum Gasteiger partial charge on any atom is -0.322 e.